The lowest BCUT2D eigenvalue weighted by atomic mass is 9.88. The van der Waals surface area contributed by atoms with Gasteiger partial charge in [0.25, 0.3) is 0 Å². The number of fused-ring (bicyclic) bond motifs is 1. The number of aromatic nitrogens is 2. The molecule has 1 aromatic heterocycles. The van der Waals surface area contributed by atoms with E-state index < -0.39 is 11.9 Å². The molecule has 1 aromatic rings. The van der Waals surface area contributed by atoms with Crippen molar-refractivity contribution in [3.63, 3.8) is 0 Å². The number of hydrogen-bond acceptors (Lipinski definition) is 2. The zero-order valence-electron chi connectivity index (χ0n) is 6.88. The van der Waals surface area contributed by atoms with E-state index in [9.17, 15) is 4.79 Å². The molecule has 1 aliphatic carbocycles. The molecular weight excluding hydrogens is 192 g/mol. The molecule has 70 valence electrons. The maximum atomic E-state index is 10.8. The van der Waals surface area contributed by atoms with E-state index in [0.717, 1.165) is 18.4 Å². The summed E-state index contributed by atoms with van der Waals surface area (Å²) in [6.07, 6.45) is 2.36. The van der Waals surface area contributed by atoms with Crippen LogP contribution in [0.3, 0.4) is 0 Å². The number of aromatic amines is 1. The summed E-state index contributed by atoms with van der Waals surface area (Å²) in [6.45, 7) is 0. The van der Waals surface area contributed by atoms with Gasteiger partial charge in [-0.25, -0.2) is 0 Å². The zero-order chi connectivity index (χ0) is 9.42. The third-order valence-electron chi connectivity index (χ3n) is 2.41. The average molecular weight is 201 g/mol. The van der Waals surface area contributed by atoms with E-state index in [2.05, 4.69) is 10.2 Å². The molecule has 1 unspecified atom stereocenters. The van der Waals surface area contributed by atoms with Crippen molar-refractivity contribution in [2.24, 2.45) is 0 Å². The number of nitrogens with zero attached hydrogens (tertiary/aromatic N) is 1. The number of halogens is 1. The van der Waals surface area contributed by atoms with Gasteiger partial charge in [0.1, 0.15) is 0 Å². The average Bonchev–Trinajstić information content (AvgIpc) is 2.48. The van der Waals surface area contributed by atoms with Crippen molar-refractivity contribution in [3.8, 4) is 0 Å². The fourth-order valence-electron chi connectivity index (χ4n) is 1.76. The Morgan fingerprint density at radius 3 is 3.15 bits per heavy atom. The number of hydrogen-bond donors (Lipinski definition) is 2. The monoisotopic (exact) mass is 200 g/mol. The van der Waals surface area contributed by atoms with Crippen molar-refractivity contribution in [2.45, 2.75) is 25.2 Å². The van der Waals surface area contributed by atoms with Gasteiger partial charge in [-0.2, -0.15) is 5.10 Å². The second kappa shape index (κ2) is 3.03. The third-order valence-corrected chi connectivity index (χ3v) is 2.73. The Morgan fingerprint density at radius 2 is 2.46 bits per heavy atom. The van der Waals surface area contributed by atoms with Crippen LogP contribution in [-0.4, -0.2) is 21.3 Å². The molecule has 0 bridgehead atoms. The van der Waals surface area contributed by atoms with Gasteiger partial charge in [0.15, 0.2) is 5.15 Å². The van der Waals surface area contributed by atoms with Crippen molar-refractivity contribution < 1.29 is 9.90 Å². The van der Waals surface area contributed by atoms with Crippen LogP contribution in [0.4, 0.5) is 0 Å². The summed E-state index contributed by atoms with van der Waals surface area (Å²) in [5.74, 6) is -1.26. The van der Waals surface area contributed by atoms with Crippen molar-refractivity contribution in [1.29, 1.82) is 0 Å². The summed E-state index contributed by atoms with van der Waals surface area (Å²) < 4.78 is 0. The second-order valence-corrected chi connectivity index (χ2v) is 3.55. The molecule has 0 radical (unpaired) electrons. The van der Waals surface area contributed by atoms with Crippen LogP contribution in [0.5, 0.6) is 0 Å². The van der Waals surface area contributed by atoms with Gasteiger partial charge in [-0.1, -0.05) is 11.6 Å². The SMILES string of the molecule is O=C(O)C1CCCc2c(Cl)n[nH]c21. The van der Waals surface area contributed by atoms with E-state index in [-0.39, 0.29) is 0 Å². The minimum Gasteiger partial charge on any atom is -0.481 e. The molecule has 0 amide bonds. The van der Waals surface area contributed by atoms with Crippen molar-refractivity contribution in [2.75, 3.05) is 0 Å². The number of aliphatic carboxylic acids is 1. The lowest BCUT2D eigenvalue weighted by Crippen LogP contribution is -2.17. The molecule has 0 spiro atoms. The van der Waals surface area contributed by atoms with E-state index in [4.69, 9.17) is 16.7 Å². The van der Waals surface area contributed by atoms with E-state index in [1.165, 1.54) is 0 Å². The van der Waals surface area contributed by atoms with Crippen molar-refractivity contribution in [3.05, 3.63) is 16.4 Å². The summed E-state index contributed by atoms with van der Waals surface area (Å²) in [4.78, 5) is 10.8. The Hall–Kier alpha value is -1.03. The fraction of sp³-hybridized carbons (Fsp3) is 0.500. The Labute approximate surface area is 79.9 Å². The van der Waals surface area contributed by atoms with E-state index in [1.807, 2.05) is 0 Å². The highest BCUT2D eigenvalue weighted by atomic mass is 35.5. The van der Waals surface area contributed by atoms with Crippen LogP contribution >= 0.6 is 11.6 Å². The standard InChI is InChI=1S/C8H9ClN2O2/c9-7-4-2-1-3-5(8(12)13)6(4)10-11-7/h5H,1-3H2,(H,10,11)(H,12,13). The van der Waals surface area contributed by atoms with Crippen LogP contribution in [-0.2, 0) is 11.2 Å². The lowest BCUT2D eigenvalue weighted by Gasteiger charge is -2.17. The number of carbonyl (C=O) groups is 1. The first-order valence-electron chi connectivity index (χ1n) is 4.15. The predicted molar refractivity (Wildman–Crippen MR) is 46.9 cm³/mol. The van der Waals surface area contributed by atoms with Gasteiger partial charge < -0.3 is 5.11 Å². The molecule has 1 aliphatic rings. The van der Waals surface area contributed by atoms with E-state index in [1.54, 1.807) is 0 Å². The quantitative estimate of drug-likeness (QED) is 0.723. The predicted octanol–water partition coefficient (Wildman–Crippen LogP) is 1.57. The summed E-state index contributed by atoms with van der Waals surface area (Å²) in [6, 6.07) is 0. The summed E-state index contributed by atoms with van der Waals surface area (Å²) in [7, 11) is 0. The van der Waals surface area contributed by atoms with Crippen LogP contribution in [0, 0.1) is 0 Å². The maximum absolute atomic E-state index is 10.8. The first-order valence-corrected chi connectivity index (χ1v) is 4.53. The lowest BCUT2D eigenvalue weighted by molar-refractivity contribution is -0.139. The highest BCUT2D eigenvalue weighted by Crippen LogP contribution is 2.33. The number of nitrogens with one attached hydrogen (secondary N) is 1. The zero-order valence-corrected chi connectivity index (χ0v) is 7.64. The smallest absolute Gasteiger partial charge is 0.312 e. The van der Waals surface area contributed by atoms with Gasteiger partial charge in [0.2, 0.25) is 0 Å². The molecule has 0 saturated carbocycles. The molecule has 13 heavy (non-hydrogen) atoms. The normalized spacial score (nSPS) is 21.2. The van der Waals surface area contributed by atoms with E-state index in [0.29, 0.717) is 17.3 Å². The van der Waals surface area contributed by atoms with E-state index >= 15 is 0 Å². The van der Waals surface area contributed by atoms with Gasteiger partial charge in [0, 0.05) is 5.56 Å². The van der Waals surface area contributed by atoms with Gasteiger partial charge in [-0.3, -0.25) is 9.89 Å². The molecule has 0 saturated heterocycles. The maximum Gasteiger partial charge on any atom is 0.312 e. The van der Waals surface area contributed by atoms with Crippen LogP contribution in [0.2, 0.25) is 5.15 Å². The molecule has 2 rings (SSSR count). The molecule has 0 aromatic carbocycles. The van der Waals surface area contributed by atoms with Crippen LogP contribution in [0.25, 0.3) is 0 Å². The number of rotatable bonds is 1. The summed E-state index contributed by atoms with van der Waals surface area (Å²) >= 11 is 5.79. The highest BCUT2D eigenvalue weighted by Gasteiger charge is 2.29. The Morgan fingerprint density at radius 1 is 1.69 bits per heavy atom. The number of carboxylic acid groups (broad SMARTS) is 1. The first-order chi connectivity index (χ1) is 6.20. The molecule has 5 heteroatoms. The molecule has 4 nitrogen and oxygen atoms in total. The first kappa shape index (κ1) is 8.56. The van der Waals surface area contributed by atoms with Crippen LogP contribution in [0.15, 0.2) is 0 Å². The molecular formula is C8H9ClN2O2. The molecule has 1 heterocycles. The van der Waals surface area contributed by atoms with Gasteiger partial charge in [-0.05, 0) is 19.3 Å². The Kier molecular flexibility index (Phi) is 2.00. The summed E-state index contributed by atoms with van der Waals surface area (Å²) in [5, 5.41) is 15.8. The molecule has 0 fully saturated rings. The number of carboxylic acids is 1. The third kappa shape index (κ3) is 1.31. The Bertz CT molecular complexity index is 348. The fourth-order valence-corrected chi connectivity index (χ4v) is 1.99. The number of H-pyrrole nitrogens is 1. The molecule has 0 aliphatic heterocycles. The van der Waals surface area contributed by atoms with Gasteiger partial charge in [0.05, 0.1) is 11.6 Å². The van der Waals surface area contributed by atoms with Crippen molar-refractivity contribution in [1.82, 2.24) is 10.2 Å². The van der Waals surface area contributed by atoms with Gasteiger partial charge >= 0.3 is 5.97 Å². The molecule has 1 atom stereocenters. The topological polar surface area (TPSA) is 66.0 Å². The molecule has 2 N–H and O–H groups in total. The minimum atomic E-state index is -0.804. The minimum absolute atomic E-state index is 0.418. The van der Waals surface area contributed by atoms with Crippen LogP contribution < -0.4 is 0 Å². The summed E-state index contributed by atoms with van der Waals surface area (Å²) in [5.41, 5.74) is 1.56. The van der Waals surface area contributed by atoms with Crippen LogP contribution in [0.1, 0.15) is 30.0 Å². The second-order valence-electron chi connectivity index (χ2n) is 3.19. The largest absolute Gasteiger partial charge is 0.481 e. The van der Waals surface area contributed by atoms with Crippen molar-refractivity contribution >= 4 is 17.6 Å². The highest BCUT2D eigenvalue weighted by molar-refractivity contribution is 6.30. The van der Waals surface area contributed by atoms with Gasteiger partial charge in [-0.15, -0.1) is 0 Å². The Balaban J connectivity index is 2.43.